The molecule has 0 bridgehead atoms. The molecule has 1 saturated carbocycles. The van der Waals surface area contributed by atoms with Gasteiger partial charge < -0.3 is 15.0 Å². The SMILES string of the molecule is COc1ccc(-n2nnnc2C2(NCCc3c(C)[nH]c4c(Cl)ccc(Cl)c34)CCCCC2)cc1. The fourth-order valence-electron chi connectivity index (χ4n) is 5.18. The first-order chi connectivity index (χ1) is 16.5. The summed E-state index contributed by atoms with van der Waals surface area (Å²) in [6, 6.07) is 11.5. The van der Waals surface area contributed by atoms with E-state index in [9.17, 15) is 0 Å². The molecular formula is C25H28Cl2N6O. The van der Waals surface area contributed by atoms with Gasteiger partial charge in [-0.05, 0) is 78.6 Å². The van der Waals surface area contributed by atoms with Gasteiger partial charge in [-0.15, -0.1) is 5.10 Å². The highest BCUT2D eigenvalue weighted by atomic mass is 35.5. The van der Waals surface area contributed by atoms with E-state index in [0.717, 1.165) is 77.5 Å². The lowest BCUT2D eigenvalue weighted by atomic mass is 9.80. The minimum absolute atomic E-state index is 0.289. The summed E-state index contributed by atoms with van der Waals surface area (Å²) in [6.07, 6.45) is 6.29. The lowest BCUT2D eigenvalue weighted by Crippen LogP contribution is -2.47. The Labute approximate surface area is 208 Å². The van der Waals surface area contributed by atoms with Crippen molar-refractivity contribution >= 4 is 34.1 Å². The molecule has 178 valence electrons. The van der Waals surface area contributed by atoms with Crippen molar-refractivity contribution < 1.29 is 4.74 Å². The molecule has 2 N–H and O–H groups in total. The van der Waals surface area contributed by atoms with Crippen molar-refractivity contribution in [2.24, 2.45) is 0 Å². The molecule has 1 aliphatic carbocycles. The average molecular weight is 499 g/mol. The number of aromatic amines is 1. The number of halogens is 2. The quantitative estimate of drug-likeness (QED) is 0.338. The van der Waals surface area contributed by atoms with Crippen molar-refractivity contribution in [2.75, 3.05) is 13.7 Å². The zero-order chi connectivity index (χ0) is 23.7. The average Bonchev–Trinajstić information content (AvgIpc) is 3.48. The van der Waals surface area contributed by atoms with Crippen molar-refractivity contribution in [3.8, 4) is 11.4 Å². The molecule has 0 atom stereocenters. The van der Waals surface area contributed by atoms with Gasteiger partial charge >= 0.3 is 0 Å². The van der Waals surface area contributed by atoms with Gasteiger partial charge in [0.25, 0.3) is 0 Å². The molecular weight excluding hydrogens is 471 g/mol. The molecule has 0 amide bonds. The Morgan fingerprint density at radius 2 is 1.79 bits per heavy atom. The van der Waals surface area contributed by atoms with Crippen LogP contribution in [0.15, 0.2) is 36.4 Å². The standard InChI is InChI=1S/C25H28Cl2N6O/c1-16-19(22-20(26)10-11-21(27)23(22)29-16)12-15-28-25(13-4-3-5-14-25)24-30-31-32-33(24)17-6-8-18(34-2)9-7-17/h6-11,28-29H,3-5,12-15H2,1-2H3. The van der Waals surface area contributed by atoms with Gasteiger partial charge in [0.1, 0.15) is 5.75 Å². The first-order valence-electron chi connectivity index (χ1n) is 11.7. The van der Waals surface area contributed by atoms with Crippen molar-refractivity contribution in [3.05, 3.63) is 63.5 Å². The predicted octanol–water partition coefficient (Wildman–Crippen LogP) is 5.76. The summed E-state index contributed by atoms with van der Waals surface area (Å²) in [4.78, 5) is 3.41. The molecule has 1 fully saturated rings. The molecule has 4 aromatic rings. The third-order valence-electron chi connectivity index (χ3n) is 6.93. The molecule has 34 heavy (non-hydrogen) atoms. The second kappa shape index (κ2) is 9.56. The van der Waals surface area contributed by atoms with Crippen LogP contribution < -0.4 is 10.1 Å². The summed E-state index contributed by atoms with van der Waals surface area (Å²) < 4.78 is 7.16. The summed E-state index contributed by atoms with van der Waals surface area (Å²) in [6.45, 7) is 2.84. The fraction of sp³-hybridized carbons (Fsp3) is 0.400. The molecule has 7 nitrogen and oxygen atoms in total. The second-order valence-corrected chi connectivity index (χ2v) is 9.75. The van der Waals surface area contributed by atoms with Crippen LogP contribution in [0.25, 0.3) is 16.6 Å². The van der Waals surface area contributed by atoms with Crippen LogP contribution in [0.5, 0.6) is 5.75 Å². The summed E-state index contributed by atoms with van der Waals surface area (Å²) in [7, 11) is 1.66. The van der Waals surface area contributed by atoms with Crippen molar-refractivity contribution in [3.63, 3.8) is 0 Å². The minimum Gasteiger partial charge on any atom is -0.497 e. The second-order valence-electron chi connectivity index (χ2n) is 8.94. The molecule has 1 aliphatic rings. The molecule has 9 heteroatoms. The Balaban J connectivity index is 1.43. The van der Waals surface area contributed by atoms with E-state index in [1.54, 1.807) is 7.11 Å². The number of aryl methyl sites for hydroxylation is 1. The third kappa shape index (κ3) is 4.17. The lowest BCUT2D eigenvalue weighted by Gasteiger charge is -2.37. The van der Waals surface area contributed by atoms with E-state index in [0.29, 0.717) is 5.02 Å². The van der Waals surface area contributed by atoms with Crippen LogP contribution in [0.3, 0.4) is 0 Å². The van der Waals surface area contributed by atoms with Crippen LogP contribution in [0.4, 0.5) is 0 Å². The third-order valence-corrected chi connectivity index (χ3v) is 7.56. The van der Waals surface area contributed by atoms with Gasteiger partial charge in [-0.2, -0.15) is 4.68 Å². The van der Waals surface area contributed by atoms with Gasteiger partial charge in [0, 0.05) is 17.6 Å². The highest BCUT2D eigenvalue weighted by molar-refractivity contribution is 6.40. The summed E-state index contributed by atoms with van der Waals surface area (Å²) in [5, 5.41) is 19.2. The van der Waals surface area contributed by atoms with E-state index in [4.69, 9.17) is 27.9 Å². The summed E-state index contributed by atoms with van der Waals surface area (Å²) in [5.41, 5.74) is 3.81. The maximum Gasteiger partial charge on any atom is 0.176 e. The highest BCUT2D eigenvalue weighted by Gasteiger charge is 2.38. The van der Waals surface area contributed by atoms with E-state index in [1.807, 2.05) is 41.1 Å². The van der Waals surface area contributed by atoms with Crippen molar-refractivity contribution in [1.29, 1.82) is 0 Å². The maximum absolute atomic E-state index is 6.56. The number of hydrogen-bond donors (Lipinski definition) is 2. The molecule has 2 heterocycles. The summed E-state index contributed by atoms with van der Waals surface area (Å²) in [5.74, 6) is 1.66. The molecule has 0 spiro atoms. The minimum atomic E-state index is -0.289. The number of nitrogens with one attached hydrogen (secondary N) is 2. The van der Waals surface area contributed by atoms with Crippen LogP contribution in [0.1, 0.15) is 49.2 Å². The number of tetrazole rings is 1. The Morgan fingerprint density at radius 1 is 1.06 bits per heavy atom. The Hall–Kier alpha value is -2.61. The maximum atomic E-state index is 6.56. The van der Waals surface area contributed by atoms with E-state index < -0.39 is 0 Å². The lowest BCUT2D eigenvalue weighted by molar-refractivity contribution is 0.217. The van der Waals surface area contributed by atoms with Crippen LogP contribution in [-0.2, 0) is 12.0 Å². The highest BCUT2D eigenvalue weighted by Crippen LogP contribution is 2.38. The number of aromatic nitrogens is 5. The van der Waals surface area contributed by atoms with Crippen LogP contribution in [0.2, 0.25) is 10.0 Å². The monoisotopic (exact) mass is 498 g/mol. The topological polar surface area (TPSA) is 80.7 Å². The summed E-state index contributed by atoms with van der Waals surface area (Å²) >= 11 is 13.0. The molecule has 5 rings (SSSR count). The molecule has 0 unspecified atom stereocenters. The van der Waals surface area contributed by atoms with Gasteiger partial charge in [0.05, 0.1) is 33.9 Å². The number of ether oxygens (including phenoxy) is 1. The van der Waals surface area contributed by atoms with Crippen molar-refractivity contribution in [2.45, 2.75) is 51.0 Å². The van der Waals surface area contributed by atoms with Crippen LogP contribution in [0, 0.1) is 6.92 Å². The predicted molar refractivity (Wildman–Crippen MR) is 135 cm³/mol. The van der Waals surface area contributed by atoms with Gasteiger partial charge in [0.15, 0.2) is 5.82 Å². The first-order valence-corrected chi connectivity index (χ1v) is 12.4. The molecule has 2 aromatic heterocycles. The largest absolute Gasteiger partial charge is 0.497 e. The number of nitrogens with zero attached hydrogens (tertiary/aromatic N) is 4. The molecule has 0 saturated heterocycles. The van der Waals surface area contributed by atoms with E-state index in [2.05, 4.69) is 32.7 Å². The number of H-pyrrole nitrogens is 1. The number of rotatable bonds is 7. The van der Waals surface area contributed by atoms with E-state index in [-0.39, 0.29) is 5.54 Å². The van der Waals surface area contributed by atoms with Gasteiger partial charge in [0.2, 0.25) is 0 Å². The normalized spacial score (nSPS) is 15.6. The van der Waals surface area contributed by atoms with Gasteiger partial charge in [-0.25, -0.2) is 0 Å². The Morgan fingerprint density at radius 3 is 2.53 bits per heavy atom. The van der Waals surface area contributed by atoms with E-state index in [1.165, 1.54) is 12.0 Å². The first kappa shape index (κ1) is 23.1. The number of benzene rings is 2. The fourth-order valence-corrected chi connectivity index (χ4v) is 5.65. The van der Waals surface area contributed by atoms with Crippen molar-refractivity contribution in [1.82, 2.24) is 30.5 Å². The Bertz CT molecular complexity index is 1290. The zero-order valence-corrected chi connectivity index (χ0v) is 20.9. The van der Waals surface area contributed by atoms with Crippen LogP contribution in [-0.4, -0.2) is 38.8 Å². The molecule has 2 aromatic carbocycles. The smallest absolute Gasteiger partial charge is 0.176 e. The number of fused-ring (bicyclic) bond motifs is 1. The number of methoxy groups -OCH3 is 1. The number of hydrogen-bond acceptors (Lipinski definition) is 5. The molecule has 0 radical (unpaired) electrons. The van der Waals surface area contributed by atoms with E-state index >= 15 is 0 Å². The van der Waals surface area contributed by atoms with Gasteiger partial charge in [-0.1, -0.05) is 42.5 Å². The Kier molecular flexibility index (Phi) is 6.51. The molecule has 0 aliphatic heterocycles. The van der Waals surface area contributed by atoms with Crippen LogP contribution >= 0.6 is 23.2 Å². The zero-order valence-electron chi connectivity index (χ0n) is 19.4. The van der Waals surface area contributed by atoms with Gasteiger partial charge in [-0.3, -0.25) is 0 Å².